The van der Waals surface area contributed by atoms with Crippen LogP contribution in [-0.2, 0) is 6.42 Å². The maximum absolute atomic E-state index is 12.5. The molecule has 76 valence electrons. The second kappa shape index (κ2) is 4.47. The lowest BCUT2D eigenvalue weighted by atomic mass is 10.1. The Kier molecular flexibility index (Phi) is 3.30. The van der Waals surface area contributed by atoms with Gasteiger partial charge >= 0.3 is 0 Å². The number of halogens is 2. The summed E-state index contributed by atoms with van der Waals surface area (Å²) in [5, 5.41) is 17.1. The fraction of sp³-hybridized carbons (Fsp3) is 0.300. The minimum atomic E-state index is -2.79. The minimum absolute atomic E-state index is 0.0305. The molecule has 0 spiro atoms. The summed E-state index contributed by atoms with van der Waals surface area (Å²) in [5.41, 5.74) is 0.196. The van der Waals surface area contributed by atoms with E-state index in [1.807, 2.05) is 6.07 Å². The van der Waals surface area contributed by atoms with Crippen LogP contribution < -0.4 is 0 Å². The van der Waals surface area contributed by atoms with Crippen molar-refractivity contribution in [3.8, 4) is 12.1 Å². The van der Waals surface area contributed by atoms with E-state index in [1.165, 1.54) is 6.07 Å². The van der Waals surface area contributed by atoms with E-state index in [0.717, 1.165) is 0 Å². The summed E-state index contributed by atoms with van der Waals surface area (Å²) in [7, 11) is 0. The first-order valence-electron chi connectivity index (χ1n) is 4.15. The summed E-state index contributed by atoms with van der Waals surface area (Å²) in [6.45, 7) is 1.63. The molecule has 0 aliphatic heterocycles. The molecular weight excluding hydrogens is 200 g/mol. The van der Waals surface area contributed by atoms with Crippen molar-refractivity contribution in [3.63, 3.8) is 0 Å². The van der Waals surface area contributed by atoms with Crippen LogP contribution in [0.15, 0.2) is 6.07 Å². The largest absolute Gasteiger partial charge is 0.281 e. The van der Waals surface area contributed by atoms with Gasteiger partial charge in [0.1, 0.15) is 11.8 Å². The Balaban J connectivity index is 3.33. The van der Waals surface area contributed by atoms with Gasteiger partial charge in [-0.1, -0.05) is 0 Å². The number of pyridine rings is 1. The van der Waals surface area contributed by atoms with Gasteiger partial charge in [0.2, 0.25) is 0 Å². The summed E-state index contributed by atoms with van der Waals surface area (Å²) in [6.07, 6.45) is -2.82. The van der Waals surface area contributed by atoms with Gasteiger partial charge in [-0.05, 0) is 18.6 Å². The van der Waals surface area contributed by atoms with Crippen molar-refractivity contribution in [2.24, 2.45) is 0 Å². The molecule has 0 fully saturated rings. The van der Waals surface area contributed by atoms with Crippen molar-refractivity contribution in [1.29, 1.82) is 10.5 Å². The number of aromatic nitrogens is 1. The van der Waals surface area contributed by atoms with E-state index in [4.69, 9.17) is 10.5 Å². The third kappa shape index (κ3) is 2.26. The molecule has 0 N–H and O–H groups in total. The molecule has 0 radical (unpaired) electrons. The van der Waals surface area contributed by atoms with E-state index in [-0.39, 0.29) is 12.0 Å². The topological polar surface area (TPSA) is 60.5 Å². The molecule has 3 nitrogen and oxygen atoms in total. The Hall–Kier alpha value is -2.01. The van der Waals surface area contributed by atoms with Gasteiger partial charge in [-0.3, -0.25) is 0 Å². The average molecular weight is 207 g/mol. The molecule has 15 heavy (non-hydrogen) atoms. The van der Waals surface area contributed by atoms with E-state index < -0.39 is 12.1 Å². The highest BCUT2D eigenvalue weighted by molar-refractivity contribution is 5.39. The van der Waals surface area contributed by atoms with E-state index in [0.29, 0.717) is 11.3 Å². The van der Waals surface area contributed by atoms with Crippen LogP contribution in [0.3, 0.4) is 0 Å². The van der Waals surface area contributed by atoms with Gasteiger partial charge in [0, 0.05) is 0 Å². The molecule has 0 saturated carbocycles. The van der Waals surface area contributed by atoms with Crippen LogP contribution in [0.5, 0.6) is 0 Å². The van der Waals surface area contributed by atoms with E-state index >= 15 is 0 Å². The predicted molar refractivity (Wildman–Crippen MR) is 48.0 cm³/mol. The molecule has 0 aliphatic rings. The standard InChI is InChI=1S/C10H7F2N3/c1-6-4-7(5-14)9(10(11)12)15-8(6)2-3-13/h4,10H,2H2,1H3. The third-order valence-corrected chi connectivity index (χ3v) is 1.92. The molecule has 0 saturated heterocycles. The van der Waals surface area contributed by atoms with Crippen LogP contribution in [0, 0.1) is 29.6 Å². The van der Waals surface area contributed by atoms with Crippen LogP contribution in [0.4, 0.5) is 8.78 Å². The lowest BCUT2D eigenvalue weighted by Crippen LogP contribution is -2.02. The van der Waals surface area contributed by atoms with Crippen molar-refractivity contribution in [1.82, 2.24) is 4.98 Å². The van der Waals surface area contributed by atoms with Gasteiger partial charge in [0.15, 0.2) is 0 Å². The van der Waals surface area contributed by atoms with Gasteiger partial charge in [-0.25, -0.2) is 13.8 Å². The van der Waals surface area contributed by atoms with Gasteiger partial charge in [-0.15, -0.1) is 0 Å². The van der Waals surface area contributed by atoms with Crippen LogP contribution in [0.25, 0.3) is 0 Å². The lowest BCUT2D eigenvalue weighted by molar-refractivity contribution is 0.145. The van der Waals surface area contributed by atoms with Crippen molar-refractivity contribution < 1.29 is 8.78 Å². The van der Waals surface area contributed by atoms with Crippen LogP contribution >= 0.6 is 0 Å². The first-order chi connectivity index (χ1) is 7.10. The maximum atomic E-state index is 12.5. The molecule has 0 atom stereocenters. The third-order valence-electron chi connectivity index (χ3n) is 1.92. The summed E-state index contributed by atoms with van der Waals surface area (Å²) >= 11 is 0. The molecule has 0 unspecified atom stereocenters. The highest BCUT2D eigenvalue weighted by atomic mass is 19.3. The average Bonchev–Trinajstić information content (AvgIpc) is 2.20. The lowest BCUT2D eigenvalue weighted by Gasteiger charge is -2.06. The quantitative estimate of drug-likeness (QED) is 0.747. The first-order valence-corrected chi connectivity index (χ1v) is 4.15. The number of nitrogens with zero attached hydrogens (tertiary/aromatic N) is 3. The minimum Gasteiger partial charge on any atom is -0.249 e. The van der Waals surface area contributed by atoms with Gasteiger partial charge < -0.3 is 0 Å². The highest BCUT2D eigenvalue weighted by Gasteiger charge is 2.17. The van der Waals surface area contributed by atoms with Crippen LogP contribution in [0.2, 0.25) is 0 Å². The Morgan fingerprint density at radius 2 is 2.13 bits per heavy atom. The second-order valence-electron chi connectivity index (χ2n) is 2.93. The Morgan fingerprint density at radius 3 is 2.60 bits per heavy atom. The zero-order chi connectivity index (χ0) is 11.4. The highest BCUT2D eigenvalue weighted by Crippen LogP contribution is 2.22. The number of hydrogen-bond acceptors (Lipinski definition) is 3. The fourth-order valence-corrected chi connectivity index (χ4v) is 1.18. The zero-order valence-corrected chi connectivity index (χ0v) is 7.96. The van der Waals surface area contributed by atoms with Crippen molar-refractivity contribution in [3.05, 3.63) is 28.6 Å². The molecule has 1 aromatic rings. The second-order valence-corrected chi connectivity index (χ2v) is 2.93. The number of hydrogen-bond donors (Lipinski definition) is 0. The number of rotatable bonds is 2. The van der Waals surface area contributed by atoms with Gasteiger partial charge in [0.25, 0.3) is 6.43 Å². The molecule has 1 aromatic heterocycles. The fourth-order valence-electron chi connectivity index (χ4n) is 1.18. The normalized spacial score (nSPS) is 9.73. The Bertz CT molecular complexity index is 455. The summed E-state index contributed by atoms with van der Waals surface area (Å²) in [6, 6.07) is 4.83. The van der Waals surface area contributed by atoms with Gasteiger partial charge in [-0.2, -0.15) is 10.5 Å². The monoisotopic (exact) mass is 207 g/mol. The molecule has 5 heteroatoms. The number of aryl methyl sites for hydroxylation is 1. The molecule has 0 aliphatic carbocycles. The van der Waals surface area contributed by atoms with E-state index in [1.54, 1.807) is 13.0 Å². The van der Waals surface area contributed by atoms with Crippen LogP contribution in [-0.4, -0.2) is 4.98 Å². The molecule has 0 bridgehead atoms. The Labute approximate surface area is 85.6 Å². The number of nitriles is 2. The molecular formula is C10H7F2N3. The SMILES string of the molecule is Cc1cc(C#N)c(C(F)F)nc1CC#N. The van der Waals surface area contributed by atoms with Gasteiger partial charge in [0.05, 0.1) is 23.7 Å². The maximum Gasteiger partial charge on any atom is 0.281 e. The molecule has 0 aromatic carbocycles. The van der Waals surface area contributed by atoms with Crippen molar-refractivity contribution >= 4 is 0 Å². The zero-order valence-electron chi connectivity index (χ0n) is 7.96. The first kappa shape index (κ1) is 11.1. The van der Waals surface area contributed by atoms with Crippen molar-refractivity contribution in [2.75, 3.05) is 0 Å². The van der Waals surface area contributed by atoms with Crippen molar-refractivity contribution in [2.45, 2.75) is 19.8 Å². The van der Waals surface area contributed by atoms with E-state index in [2.05, 4.69) is 4.98 Å². The van der Waals surface area contributed by atoms with E-state index in [9.17, 15) is 8.78 Å². The Morgan fingerprint density at radius 1 is 1.47 bits per heavy atom. The molecule has 0 amide bonds. The predicted octanol–water partition coefficient (Wildman–Crippen LogP) is 2.27. The summed E-state index contributed by atoms with van der Waals surface area (Å²) in [5.74, 6) is 0. The number of alkyl halides is 2. The summed E-state index contributed by atoms with van der Waals surface area (Å²) < 4.78 is 24.9. The molecule has 1 heterocycles. The van der Waals surface area contributed by atoms with Crippen LogP contribution in [0.1, 0.15) is 28.9 Å². The summed E-state index contributed by atoms with van der Waals surface area (Å²) in [4.78, 5) is 3.64. The smallest absolute Gasteiger partial charge is 0.249 e. The molecule has 1 rings (SSSR count).